The average molecular weight is 351 g/mol. The van der Waals surface area contributed by atoms with E-state index in [2.05, 4.69) is 16.4 Å². The molecule has 1 aliphatic rings. The van der Waals surface area contributed by atoms with Gasteiger partial charge in [0.15, 0.2) is 0 Å². The van der Waals surface area contributed by atoms with Crippen LogP contribution in [0.1, 0.15) is 18.6 Å². The molecule has 0 fully saturated rings. The number of carbonyl (C=O) groups is 1. The van der Waals surface area contributed by atoms with E-state index in [1.54, 1.807) is 18.4 Å². The summed E-state index contributed by atoms with van der Waals surface area (Å²) in [6.45, 7) is 1.82. The molecule has 1 aromatic heterocycles. The first-order valence-electron chi connectivity index (χ1n) is 7.78. The van der Waals surface area contributed by atoms with Gasteiger partial charge in [-0.25, -0.2) is 4.99 Å². The summed E-state index contributed by atoms with van der Waals surface area (Å²) in [6, 6.07) is 15.0. The maximum Gasteiger partial charge on any atom is 0.234 e. The Kier molecular flexibility index (Phi) is 5.05. The van der Waals surface area contributed by atoms with Crippen LogP contribution in [-0.4, -0.2) is 17.9 Å². The van der Waals surface area contributed by atoms with Crippen LogP contribution < -0.4 is 5.32 Å². The molecule has 126 valence electrons. The first kappa shape index (κ1) is 17.1. The van der Waals surface area contributed by atoms with Gasteiger partial charge in [-0.15, -0.1) is 11.8 Å². The fourth-order valence-corrected chi connectivity index (χ4v) is 3.59. The van der Waals surface area contributed by atoms with E-state index in [9.17, 15) is 10.1 Å². The maximum absolute atomic E-state index is 13.0. The van der Waals surface area contributed by atoms with Crippen molar-refractivity contribution in [2.45, 2.75) is 12.8 Å². The predicted molar refractivity (Wildman–Crippen MR) is 99.3 cm³/mol. The van der Waals surface area contributed by atoms with E-state index in [-0.39, 0.29) is 5.91 Å². The van der Waals surface area contributed by atoms with Gasteiger partial charge >= 0.3 is 0 Å². The van der Waals surface area contributed by atoms with Gasteiger partial charge in [-0.2, -0.15) is 5.26 Å². The summed E-state index contributed by atoms with van der Waals surface area (Å²) in [7, 11) is 0. The number of hydrogen-bond acceptors (Lipinski definition) is 5. The third-order valence-corrected chi connectivity index (χ3v) is 4.79. The highest BCUT2D eigenvalue weighted by Crippen LogP contribution is 2.41. The quantitative estimate of drug-likeness (QED) is 0.896. The molecule has 0 bridgehead atoms. The number of nitriles is 1. The Morgan fingerprint density at radius 3 is 2.64 bits per heavy atom. The number of thioether (sulfide) groups is 1. The van der Waals surface area contributed by atoms with Crippen molar-refractivity contribution in [3.8, 4) is 6.07 Å². The summed E-state index contributed by atoms with van der Waals surface area (Å²) in [5.41, 5.74) is 1.83. The van der Waals surface area contributed by atoms with Gasteiger partial charge in [-0.3, -0.25) is 4.79 Å². The highest BCUT2D eigenvalue weighted by atomic mass is 32.2. The molecule has 0 radical (unpaired) electrons. The minimum absolute atomic E-state index is 0.207. The van der Waals surface area contributed by atoms with E-state index in [1.165, 1.54) is 11.8 Å². The number of amides is 1. The van der Waals surface area contributed by atoms with Gasteiger partial charge in [0.25, 0.3) is 0 Å². The number of allylic oxidation sites excluding steroid dienone is 1. The van der Waals surface area contributed by atoms with Crippen molar-refractivity contribution in [2.24, 2.45) is 10.9 Å². The molecule has 1 unspecified atom stereocenters. The average Bonchev–Trinajstić information content (AvgIpc) is 3.15. The summed E-state index contributed by atoms with van der Waals surface area (Å²) in [4.78, 5) is 17.5. The van der Waals surface area contributed by atoms with Crippen LogP contribution >= 0.6 is 11.8 Å². The van der Waals surface area contributed by atoms with Crippen LogP contribution in [0.3, 0.4) is 0 Å². The van der Waals surface area contributed by atoms with E-state index in [0.29, 0.717) is 27.8 Å². The molecule has 1 amide bonds. The molecule has 2 atom stereocenters. The molecule has 3 rings (SSSR count). The minimum Gasteiger partial charge on any atom is -0.469 e. The third-order valence-electron chi connectivity index (χ3n) is 4.09. The van der Waals surface area contributed by atoms with E-state index in [4.69, 9.17) is 4.42 Å². The molecule has 1 aliphatic heterocycles. The van der Waals surface area contributed by atoms with Gasteiger partial charge in [-0.05, 0) is 37.4 Å². The molecule has 0 aliphatic carbocycles. The van der Waals surface area contributed by atoms with Crippen molar-refractivity contribution in [2.75, 3.05) is 11.6 Å². The van der Waals surface area contributed by atoms with Gasteiger partial charge in [0.05, 0.1) is 29.7 Å². The van der Waals surface area contributed by atoms with Crippen LogP contribution in [0.4, 0.5) is 5.69 Å². The van der Waals surface area contributed by atoms with Crippen molar-refractivity contribution in [1.82, 2.24) is 0 Å². The van der Waals surface area contributed by atoms with Crippen molar-refractivity contribution in [3.05, 3.63) is 65.1 Å². The molecule has 0 spiro atoms. The van der Waals surface area contributed by atoms with Crippen LogP contribution in [-0.2, 0) is 4.79 Å². The van der Waals surface area contributed by atoms with E-state index >= 15 is 0 Å². The Labute approximate surface area is 150 Å². The van der Waals surface area contributed by atoms with E-state index < -0.39 is 11.8 Å². The monoisotopic (exact) mass is 351 g/mol. The van der Waals surface area contributed by atoms with Gasteiger partial charge in [0, 0.05) is 11.4 Å². The largest absolute Gasteiger partial charge is 0.469 e. The van der Waals surface area contributed by atoms with Gasteiger partial charge in [0.2, 0.25) is 5.91 Å². The second-order valence-corrected chi connectivity index (χ2v) is 6.41. The Hall–Kier alpha value is -2.78. The van der Waals surface area contributed by atoms with Crippen molar-refractivity contribution < 1.29 is 9.21 Å². The second-order valence-electron chi connectivity index (χ2n) is 5.61. The topological polar surface area (TPSA) is 78.4 Å². The fourth-order valence-electron chi connectivity index (χ4n) is 2.96. The maximum atomic E-state index is 13.0. The number of carbonyl (C=O) groups excluding carboxylic acids is 1. The van der Waals surface area contributed by atoms with Gasteiger partial charge in [-0.1, -0.05) is 18.2 Å². The zero-order valence-corrected chi connectivity index (χ0v) is 14.7. The lowest BCUT2D eigenvalue weighted by Crippen LogP contribution is -2.36. The van der Waals surface area contributed by atoms with Crippen molar-refractivity contribution in [3.63, 3.8) is 0 Å². The Morgan fingerprint density at radius 1 is 1.28 bits per heavy atom. The molecule has 25 heavy (non-hydrogen) atoms. The number of nitrogens with zero attached hydrogens (tertiary/aromatic N) is 2. The fraction of sp³-hybridized carbons (Fsp3) is 0.211. The van der Waals surface area contributed by atoms with E-state index in [1.807, 2.05) is 43.5 Å². The standard InChI is InChI=1S/C19H17N3O2S/c1-12-16(18(23)22-13-7-4-3-5-8-13)17(15-9-6-10-24-15)14(11-20)19(21-12)25-2/h3-10,16-17H,1-2H3,(H,22,23)/t16?,17-/m0/s1. The second kappa shape index (κ2) is 7.41. The molecule has 0 saturated carbocycles. The number of anilines is 1. The SMILES string of the molecule is CSC1=C(C#N)[C@@H](c2ccco2)C(C(=O)Nc2ccccc2)C(C)=N1. The van der Waals surface area contributed by atoms with Crippen LogP contribution in [0.5, 0.6) is 0 Å². The van der Waals surface area contributed by atoms with Crippen molar-refractivity contribution in [1.29, 1.82) is 5.26 Å². The number of aliphatic imine (C=N–C) groups is 1. The van der Waals surface area contributed by atoms with Gasteiger partial charge in [0.1, 0.15) is 10.8 Å². The Bertz CT molecular complexity index is 864. The lowest BCUT2D eigenvalue weighted by atomic mass is 9.79. The molecule has 2 heterocycles. The number of rotatable bonds is 4. The number of hydrogen-bond donors (Lipinski definition) is 1. The molecular formula is C19H17N3O2S. The molecule has 2 aromatic rings. The molecule has 1 aromatic carbocycles. The molecule has 6 heteroatoms. The smallest absolute Gasteiger partial charge is 0.234 e. The molecule has 5 nitrogen and oxygen atoms in total. The number of benzene rings is 1. The molecular weight excluding hydrogens is 334 g/mol. The summed E-state index contributed by atoms with van der Waals surface area (Å²) in [5.74, 6) is -0.701. The van der Waals surface area contributed by atoms with E-state index in [0.717, 1.165) is 0 Å². The Balaban J connectivity index is 2.02. The van der Waals surface area contributed by atoms with Crippen LogP contribution in [0.15, 0.2) is 68.7 Å². The van der Waals surface area contributed by atoms with Gasteiger partial charge < -0.3 is 9.73 Å². The molecule has 0 saturated heterocycles. The lowest BCUT2D eigenvalue weighted by molar-refractivity contribution is -0.118. The predicted octanol–water partition coefficient (Wildman–Crippen LogP) is 4.19. The first-order valence-corrected chi connectivity index (χ1v) is 9.01. The van der Waals surface area contributed by atoms with Crippen LogP contribution in [0.2, 0.25) is 0 Å². The van der Waals surface area contributed by atoms with Crippen molar-refractivity contribution >= 4 is 29.1 Å². The number of furan rings is 1. The lowest BCUT2D eigenvalue weighted by Gasteiger charge is -2.29. The first-order chi connectivity index (χ1) is 12.2. The zero-order chi connectivity index (χ0) is 17.8. The normalized spacial score (nSPS) is 20.0. The Morgan fingerprint density at radius 2 is 2.04 bits per heavy atom. The minimum atomic E-state index is -0.600. The summed E-state index contributed by atoms with van der Waals surface area (Å²) in [5, 5.41) is 13.2. The third kappa shape index (κ3) is 3.37. The number of nitrogens with one attached hydrogen (secondary N) is 1. The highest BCUT2D eigenvalue weighted by Gasteiger charge is 2.40. The number of para-hydroxylation sites is 1. The van der Waals surface area contributed by atoms with Crippen LogP contribution in [0, 0.1) is 17.2 Å². The summed E-state index contributed by atoms with van der Waals surface area (Å²) in [6.07, 6.45) is 3.42. The zero-order valence-electron chi connectivity index (χ0n) is 13.9. The molecule has 1 N–H and O–H groups in total. The highest BCUT2D eigenvalue weighted by molar-refractivity contribution is 8.02. The summed E-state index contributed by atoms with van der Waals surface area (Å²) < 4.78 is 5.55. The van der Waals surface area contributed by atoms with Crippen LogP contribution in [0.25, 0.3) is 0 Å². The summed E-state index contributed by atoms with van der Waals surface area (Å²) >= 11 is 1.40.